The molecule has 0 saturated heterocycles. The Morgan fingerprint density at radius 2 is 1.17 bits per heavy atom. The summed E-state index contributed by atoms with van der Waals surface area (Å²) in [5, 5.41) is 16.5. The van der Waals surface area contributed by atoms with Crippen LogP contribution in [0.4, 0.5) is 0 Å². The smallest absolute Gasteiger partial charge is 0.320 e. The Bertz CT molecular complexity index is 407. The van der Waals surface area contributed by atoms with Crippen molar-refractivity contribution in [3.63, 3.8) is 0 Å². The average molecular weight is 352 g/mol. The van der Waals surface area contributed by atoms with Crippen LogP contribution in [-0.4, -0.2) is 68.8 Å². The third-order valence-corrected chi connectivity index (χ3v) is 2.99. The molecule has 0 heterocycles. The molecule has 0 aromatic rings. The zero-order chi connectivity index (χ0) is 19.5. The van der Waals surface area contributed by atoms with Crippen molar-refractivity contribution in [3.05, 3.63) is 0 Å². The van der Waals surface area contributed by atoms with Crippen molar-refractivity contribution in [1.82, 2.24) is 0 Å². The molecule has 0 aliphatic heterocycles. The summed E-state index contributed by atoms with van der Waals surface area (Å²) in [5.74, 6) is -5.00. The van der Waals surface area contributed by atoms with Gasteiger partial charge in [0.2, 0.25) is 0 Å². The van der Waals surface area contributed by atoms with Crippen LogP contribution < -0.4 is 0 Å². The van der Waals surface area contributed by atoms with E-state index >= 15 is 0 Å². The van der Waals surface area contributed by atoms with E-state index in [4.69, 9.17) is 19.7 Å². The van der Waals surface area contributed by atoms with Crippen molar-refractivity contribution >= 4 is 23.9 Å². The minimum Gasteiger partial charge on any atom is -0.480 e. The number of carbonyl (C=O) groups excluding carboxylic acids is 2. The van der Waals surface area contributed by atoms with E-state index in [9.17, 15) is 19.2 Å². The molecular formula is C14H24O10. The Hall–Kier alpha value is -2.20. The van der Waals surface area contributed by atoms with Crippen LogP contribution in [0.1, 0.15) is 20.3 Å². The molecule has 24 heavy (non-hydrogen) atoms. The fourth-order valence-electron chi connectivity index (χ4n) is 1.15. The summed E-state index contributed by atoms with van der Waals surface area (Å²) >= 11 is 0. The maximum absolute atomic E-state index is 11.2. The highest BCUT2D eigenvalue weighted by atomic mass is 16.7. The number of ether oxygens (including phenoxy) is 4. The van der Waals surface area contributed by atoms with Gasteiger partial charge >= 0.3 is 23.9 Å². The Labute approximate surface area is 139 Å². The molecule has 0 fully saturated rings. The second-order valence-electron chi connectivity index (χ2n) is 4.97. The average Bonchev–Trinajstić information content (AvgIpc) is 2.54. The molecule has 0 aliphatic rings. The Morgan fingerprint density at radius 3 is 1.33 bits per heavy atom. The van der Waals surface area contributed by atoms with Crippen molar-refractivity contribution in [3.8, 4) is 0 Å². The van der Waals surface area contributed by atoms with E-state index in [1.54, 1.807) is 0 Å². The first-order valence-corrected chi connectivity index (χ1v) is 6.67. The highest BCUT2D eigenvalue weighted by Gasteiger charge is 2.35. The largest absolute Gasteiger partial charge is 0.480 e. The van der Waals surface area contributed by atoms with Gasteiger partial charge in [-0.05, 0) is 13.8 Å². The number of carboxylic acid groups (broad SMARTS) is 2. The summed E-state index contributed by atoms with van der Waals surface area (Å²) in [5.41, 5.74) is -1.67. The number of esters is 2. The van der Waals surface area contributed by atoms with E-state index in [2.05, 4.69) is 9.47 Å². The Kier molecular flexibility index (Phi) is 11.4. The summed E-state index contributed by atoms with van der Waals surface area (Å²) in [7, 11) is 5.24. The molecule has 0 unspecified atom stereocenters. The molecule has 2 N–H and O–H groups in total. The molecule has 10 nitrogen and oxygen atoms in total. The Morgan fingerprint density at radius 1 is 0.833 bits per heavy atom. The summed E-state index contributed by atoms with van der Waals surface area (Å²) in [6.07, 6.45) is -0.583. The number of carboxylic acids is 2. The maximum Gasteiger partial charge on any atom is 0.320 e. The molecule has 0 rings (SSSR count). The monoisotopic (exact) mass is 352 g/mol. The van der Waals surface area contributed by atoms with Crippen molar-refractivity contribution < 1.29 is 48.3 Å². The van der Waals surface area contributed by atoms with Crippen molar-refractivity contribution in [2.45, 2.75) is 26.6 Å². The third-order valence-electron chi connectivity index (χ3n) is 2.99. The van der Waals surface area contributed by atoms with E-state index in [0.717, 1.165) is 13.8 Å². The van der Waals surface area contributed by atoms with Crippen LogP contribution in [0.25, 0.3) is 0 Å². The van der Waals surface area contributed by atoms with Crippen molar-refractivity contribution in [2.75, 3.05) is 28.4 Å². The quantitative estimate of drug-likeness (QED) is 0.351. The van der Waals surface area contributed by atoms with Gasteiger partial charge in [-0.15, -0.1) is 0 Å². The number of methoxy groups -OCH3 is 4. The van der Waals surface area contributed by atoms with Gasteiger partial charge in [0.1, 0.15) is 0 Å². The van der Waals surface area contributed by atoms with E-state index in [-0.39, 0.29) is 6.42 Å². The predicted octanol–water partition coefficient (Wildman–Crippen LogP) is 0.139. The lowest BCUT2D eigenvalue weighted by atomic mass is 9.95. The van der Waals surface area contributed by atoms with Crippen LogP contribution >= 0.6 is 0 Å². The molecule has 0 bridgehead atoms. The van der Waals surface area contributed by atoms with Crippen molar-refractivity contribution in [2.24, 2.45) is 11.3 Å². The molecule has 0 amide bonds. The second-order valence-corrected chi connectivity index (χ2v) is 4.97. The van der Waals surface area contributed by atoms with Crippen LogP contribution in [0, 0.1) is 11.3 Å². The first kappa shape index (κ1) is 24.1. The highest BCUT2D eigenvalue weighted by molar-refractivity contribution is 5.97. The zero-order valence-corrected chi connectivity index (χ0v) is 14.5. The molecule has 0 spiro atoms. The summed E-state index contributed by atoms with van der Waals surface area (Å²) < 4.78 is 18.7. The zero-order valence-electron chi connectivity index (χ0n) is 14.5. The van der Waals surface area contributed by atoms with Gasteiger partial charge < -0.3 is 29.2 Å². The summed E-state index contributed by atoms with van der Waals surface area (Å²) in [4.78, 5) is 42.7. The van der Waals surface area contributed by atoms with Gasteiger partial charge in [0, 0.05) is 20.6 Å². The van der Waals surface area contributed by atoms with Gasteiger partial charge in [0.15, 0.2) is 17.6 Å². The molecule has 10 heteroatoms. The van der Waals surface area contributed by atoms with Crippen LogP contribution in [-0.2, 0) is 38.1 Å². The first-order valence-electron chi connectivity index (χ1n) is 6.67. The standard InChI is InChI=1S/C9H16O6.C5H8O4/c1-12-7(13-2)5-6(8(10)14-3)9(11)15-4;1-5(2,3(6)7)4(8)9/h6-7H,5H2,1-4H3;1-2H3,(H,6,7)(H,8,9). The topological polar surface area (TPSA) is 146 Å². The SMILES string of the molecule is CC(C)(C(=O)O)C(=O)O.COC(=O)C(CC(OC)OC)C(=O)OC. The molecule has 0 saturated carbocycles. The maximum atomic E-state index is 11.2. The molecule has 0 aliphatic carbocycles. The number of rotatable bonds is 8. The fourth-order valence-corrected chi connectivity index (χ4v) is 1.15. The summed E-state index contributed by atoms with van der Waals surface area (Å²) in [6.45, 7) is 2.27. The molecule has 0 radical (unpaired) electrons. The third kappa shape index (κ3) is 7.88. The Balaban J connectivity index is 0. The van der Waals surface area contributed by atoms with Gasteiger partial charge in [-0.3, -0.25) is 19.2 Å². The molecule has 0 aromatic carbocycles. The van der Waals surface area contributed by atoms with Gasteiger partial charge in [-0.2, -0.15) is 0 Å². The van der Waals surface area contributed by atoms with Crippen molar-refractivity contribution in [1.29, 1.82) is 0 Å². The minimum atomic E-state index is -1.67. The number of carbonyl (C=O) groups is 4. The molecule has 0 aromatic heterocycles. The number of hydrogen-bond donors (Lipinski definition) is 2. The summed E-state index contributed by atoms with van der Waals surface area (Å²) in [6, 6.07) is 0. The number of aliphatic carboxylic acids is 2. The van der Waals surface area contributed by atoms with Crippen LogP contribution in [0.2, 0.25) is 0 Å². The van der Waals surface area contributed by atoms with Gasteiger partial charge in [-0.25, -0.2) is 0 Å². The van der Waals surface area contributed by atoms with Crippen LogP contribution in [0.3, 0.4) is 0 Å². The van der Waals surface area contributed by atoms with E-state index < -0.39 is 41.5 Å². The normalized spacial score (nSPS) is 10.7. The van der Waals surface area contributed by atoms with Crippen LogP contribution in [0.5, 0.6) is 0 Å². The van der Waals surface area contributed by atoms with Gasteiger partial charge in [-0.1, -0.05) is 0 Å². The molecule has 140 valence electrons. The van der Waals surface area contributed by atoms with E-state index in [1.165, 1.54) is 28.4 Å². The van der Waals surface area contributed by atoms with E-state index in [0.29, 0.717) is 0 Å². The lowest BCUT2D eigenvalue weighted by Gasteiger charge is -2.17. The predicted molar refractivity (Wildman–Crippen MR) is 79.0 cm³/mol. The highest BCUT2D eigenvalue weighted by Crippen LogP contribution is 2.14. The second kappa shape index (κ2) is 11.4. The van der Waals surface area contributed by atoms with Crippen LogP contribution in [0.15, 0.2) is 0 Å². The number of hydrogen-bond acceptors (Lipinski definition) is 8. The van der Waals surface area contributed by atoms with Gasteiger partial charge in [0.05, 0.1) is 14.2 Å². The van der Waals surface area contributed by atoms with E-state index in [1.807, 2.05) is 0 Å². The van der Waals surface area contributed by atoms with Gasteiger partial charge in [0.25, 0.3) is 0 Å². The fraction of sp³-hybridized carbons (Fsp3) is 0.714. The first-order chi connectivity index (χ1) is 11.0. The molecule has 0 atom stereocenters. The lowest BCUT2D eigenvalue weighted by Crippen LogP contribution is -2.32. The lowest BCUT2D eigenvalue weighted by molar-refractivity contribution is -0.168. The molecular weight excluding hydrogens is 328 g/mol. The minimum absolute atomic E-state index is 0.0619.